The number of amides is 3. The third-order valence-electron chi connectivity index (χ3n) is 5.14. The van der Waals surface area contributed by atoms with Crippen LogP contribution in [0.25, 0.3) is 22.2 Å². The third kappa shape index (κ3) is 3.79. The van der Waals surface area contributed by atoms with Crippen molar-refractivity contribution in [3.8, 4) is 11.3 Å². The summed E-state index contributed by atoms with van der Waals surface area (Å²) in [7, 11) is 0. The van der Waals surface area contributed by atoms with Crippen molar-refractivity contribution in [3.63, 3.8) is 0 Å². The highest BCUT2D eigenvalue weighted by atomic mass is 16.5. The summed E-state index contributed by atoms with van der Waals surface area (Å²) in [4.78, 5) is 53.4. The van der Waals surface area contributed by atoms with Crippen molar-refractivity contribution < 1.29 is 23.9 Å². The van der Waals surface area contributed by atoms with Crippen LogP contribution < -0.4 is 5.32 Å². The summed E-state index contributed by atoms with van der Waals surface area (Å²) in [6.45, 7) is 2.03. The van der Waals surface area contributed by atoms with Gasteiger partial charge >= 0.3 is 12.0 Å². The molecule has 1 aliphatic rings. The number of ketones is 1. The molecule has 2 heterocycles. The Kier molecular flexibility index (Phi) is 5.06. The summed E-state index contributed by atoms with van der Waals surface area (Å²) in [5.74, 6) is -1.75. The van der Waals surface area contributed by atoms with Crippen molar-refractivity contribution in [2.45, 2.75) is 19.4 Å². The highest BCUT2D eigenvalue weighted by Gasteiger charge is 2.45. The third-order valence-corrected chi connectivity index (χ3v) is 5.14. The minimum Gasteiger partial charge on any atom is -0.456 e. The second kappa shape index (κ2) is 7.71. The van der Waals surface area contributed by atoms with E-state index in [0.717, 1.165) is 21.4 Å². The van der Waals surface area contributed by atoms with Crippen molar-refractivity contribution in [2.24, 2.45) is 0 Å². The van der Waals surface area contributed by atoms with Crippen LogP contribution in [-0.2, 0) is 14.3 Å². The van der Waals surface area contributed by atoms with E-state index in [2.05, 4.69) is 10.3 Å². The van der Waals surface area contributed by atoms with Crippen molar-refractivity contribution in [1.82, 2.24) is 15.2 Å². The molecule has 1 aromatic heterocycles. The van der Waals surface area contributed by atoms with E-state index in [1.54, 1.807) is 13.8 Å². The fourth-order valence-corrected chi connectivity index (χ4v) is 3.61. The number of carbonyl (C=O) groups is 4. The van der Waals surface area contributed by atoms with Crippen molar-refractivity contribution in [2.75, 3.05) is 13.2 Å². The molecule has 1 saturated heterocycles. The number of fused-ring (bicyclic) bond motifs is 1. The summed E-state index contributed by atoms with van der Waals surface area (Å²) < 4.78 is 5.12. The molecule has 158 valence electrons. The van der Waals surface area contributed by atoms with Gasteiger partial charge in [0.2, 0.25) is 5.78 Å². The van der Waals surface area contributed by atoms with E-state index in [1.165, 1.54) is 0 Å². The molecule has 8 nitrogen and oxygen atoms in total. The lowest BCUT2D eigenvalue weighted by Gasteiger charge is -2.15. The highest BCUT2D eigenvalue weighted by Crippen LogP contribution is 2.30. The number of hydrogen-bond donors (Lipinski definition) is 2. The molecule has 4 rings (SSSR count). The van der Waals surface area contributed by atoms with Gasteiger partial charge in [-0.2, -0.15) is 0 Å². The zero-order valence-corrected chi connectivity index (χ0v) is 17.1. The molecule has 0 unspecified atom stereocenters. The molecule has 31 heavy (non-hydrogen) atoms. The number of aromatic nitrogens is 1. The largest absolute Gasteiger partial charge is 0.456 e. The zero-order chi connectivity index (χ0) is 22.2. The molecule has 1 fully saturated rings. The lowest BCUT2D eigenvalue weighted by molar-refractivity contribution is -0.146. The number of rotatable bonds is 6. The van der Waals surface area contributed by atoms with E-state index in [4.69, 9.17) is 4.74 Å². The van der Waals surface area contributed by atoms with E-state index in [1.807, 2.05) is 54.6 Å². The maximum absolute atomic E-state index is 13.0. The van der Waals surface area contributed by atoms with E-state index < -0.39 is 36.6 Å². The first-order chi connectivity index (χ1) is 14.8. The van der Waals surface area contributed by atoms with Crippen LogP contribution in [0.5, 0.6) is 0 Å². The normalized spacial score (nSPS) is 15.2. The fraction of sp³-hybridized carbons (Fsp3) is 0.217. The SMILES string of the molecule is CC1(C)NC(=O)N(CC(=O)OCC(=O)c2c(-c3ccccc3)[nH]c3ccccc23)C1=O. The number of esters is 1. The number of para-hydroxylation sites is 1. The molecular formula is C23H21N3O5. The molecule has 3 aromatic rings. The lowest BCUT2D eigenvalue weighted by Crippen LogP contribution is -2.41. The molecule has 2 N–H and O–H groups in total. The number of hydrogen-bond acceptors (Lipinski definition) is 5. The van der Waals surface area contributed by atoms with Crippen LogP contribution in [0.1, 0.15) is 24.2 Å². The van der Waals surface area contributed by atoms with Gasteiger partial charge in [-0.3, -0.25) is 19.3 Å². The van der Waals surface area contributed by atoms with Gasteiger partial charge in [-0.05, 0) is 25.5 Å². The van der Waals surface area contributed by atoms with Crippen LogP contribution in [0.4, 0.5) is 4.79 Å². The van der Waals surface area contributed by atoms with Gasteiger partial charge in [-0.25, -0.2) is 4.79 Å². The molecule has 2 aromatic carbocycles. The van der Waals surface area contributed by atoms with E-state index in [9.17, 15) is 19.2 Å². The van der Waals surface area contributed by atoms with E-state index in [-0.39, 0.29) is 5.78 Å². The van der Waals surface area contributed by atoms with Gasteiger partial charge in [0.1, 0.15) is 12.1 Å². The van der Waals surface area contributed by atoms with Gasteiger partial charge in [0.25, 0.3) is 5.91 Å². The number of aromatic amines is 1. The zero-order valence-electron chi connectivity index (χ0n) is 17.1. The Morgan fingerprint density at radius 3 is 2.35 bits per heavy atom. The number of H-pyrrole nitrogens is 1. The number of nitrogens with zero attached hydrogens (tertiary/aromatic N) is 1. The van der Waals surface area contributed by atoms with Crippen LogP contribution in [0.3, 0.4) is 0 Å². The van der Waals surface area contributed by atoms with Crippen molar-refractivity contribution >= 4 is 34.6 Å². The monoisotopic (exact) mass is 419 g/mol. The Labute approximate surface area is 178 Å². The van der Waals surface area contributed by atoms with Gasteiger partial charge in [-0.15, -0.1) is 0 Å². The standard InChI is InChI=1S/C23H21N3O5/c1-23(2)21(29)26(22(30)25-23)12-18(28)31-13-17(27)19-15-10-6-7-11-16(15)24-20(19)14-8-4-3-5-9-14/h3-11,24H,12-13H2,1-2H3,(H,25,30). The number of Topliss-reactive ketones (excluding diaryl/α,β-unsaturated/α-hetero) is 1. The summed E-state index contributed by atoms with van der Waals surface area (Å²) in [6.07, 6.45) is 0. The first-order valence-corrected chi connectivity index (χ1v) is 9.77. The van der Waals surface area contributed by atoms with E-state index in [0.29, 0.717) is 11.3 Å². The van der Waals surface area contributed by atoms with Gasteiger partial charge in [0.15, 0.2) is 6.61 Å². The Bertz CT molecular complexity index is 1200. The molecule has 0 atom stereocenters. The topological polar surface area (TPSA) is 109 Å². The van der Waals surface area contributed by atoms with Crippen LogP contribution in [0.15, 0.2) is 54.6 Å². The van der Waals surface area contributed by atoms with Gasteiger partial charge in [0, 0.05) is 10.9 Å². The molecule has 0 radical (unpaired) electrons. The fourth-order valence-electron chi connectivity index (χ4n) is 3.61. The molecule has 3 amide bonds. The molecule has 0 saturated carbocycles. The van der Waals surface area contributed by atoms with Crippen LogP contribution in [0.2, 0.25) is 0 Å². The predicted molar refractivity (Wildman–Crippen MR) is 113 cm³/mol. The van der Waals surface area contributed by atoms with Gasteiger partial charge in [0.05, 0.1) is 11.3 Å². The van der Waals surface area contributed by atoms with Crippen LogP contribution in [-0.4, -0.2) is 52.3 Å². The van der Waals surface area contributed by atoms with E-state index >= 15 is 0 Å². The summed E-state index contributed by atoms with van der Waals surface area (Å²) in [6, 6.07) is 16.1. The lowest BCUT2D eigenvalue weighted by atomic mass is 10.0. The second-order valence-corrected chi connectivity index (χ2v) is 7.82. The summed E-state index contributed by atoms with van der Waals surface area (Å²) in [5, 5.41) is 3.21. The predicted octanol–water partition coefficient (Wildman–Crippen LogP) is 2.89. The van der Waals surface area contributed by atoms with Crippen LogP contribution >= 0.6 is 0 Å². The maximum atomic E-state index is 13.0. The first kappa shape index (κ1) is 20.3. The Balaban J connectivity index is 1.52. The number of nitrogens with one attached hydrogen (secondary N) is 2. The second-order valence-electron chi connectivity index (χ2n) is 7.82. The van der Waals surface area contributed by atoms with Gasteiger partial charge in [-0.1, -0.05) is 48.5 Å². The molecule has 0 bridgehead atoms. The molecule has 0 aliphatic carbocycles. The smallest absolute Gasteiger partial charge is 0.326 e. The summed E-state index contributed by atoms with van der Waals surface area (Å²) >= 11 is 0. The minimum absolute atomic E-state index is 0.387. The molecule has 8 heteroatoms. The molecule has 0 spiro atoms. The molecule has 1 aliphatic heterocycles. The van der Waals surface area contributed by atoms with Crippen molar-refractivity contribution in [1.29, 1.82) is 0 Å². The number of imide groups is 1. The number of urea groups is 1. The highest BCUT2D eigenvalue weighted by molar-refractivity contribution is 6.14. The average molecular weight is 419 g/mol. The Morgan fingerprint density at radius 2 is 1.68 bits per heavy atom. The van der Waals surface area contributed by atoms with Crippen molar-refractivity contribution in [3.05, 3.63) is 60.2 Å². The first-order valence-electron chi connectivity index (χ1n) is 9.77. The number of benzene rings is 2. The summed E-state index contributed by atoms with van der Waals surface area (Å²) in [5.41, 5.74) is 1.60. The number of ether oxygens (including phenoxy) is 1. The Hall–Kier alpha value is -3.94. The van der Waals surface area contributed by atoms with Gasteiger partial charge < -0.3 is 15.0 Å². The van der Waals surface area contributed by atoms with Crippen LogP contribution in [0, 0.1) is 0 Å². The average Bonchev–Trinajstić information content (AvgIpc) is 3.23. The number of carbonyl (C=O) groups excluding carboxylic acids is 4. The Morgan fingerprint density at radius 1 is 1.00 bits per heavy atom. The quantitative estimate of drug-likeness (QED) is 0.363. The molecular weight excluding hydrogens is 398 g/mol. The minimum atomic E-state index is -1.08. The maximum Gasteiger partial charge on any atom is 0.326 e.